The van der Waals surface area contributed by atoms with Gasteiger partial charge in [0.1, 0.15) is 23.2 Å². The fourth-order valence-electron chi connectivity index (χ4n) is 2.50. The SMILES string of the molecule is N#C/C(=C/c1ccc(-c2cc(C(=O)O)ccc2Cl)o1)C(=O)Nc1cccc(Cl)c1Cl. The first-order chi connectivity index (χ1) is 14.3. The molecule has 150 valence electrons. The number of nitrogens with one attached hydrogen (secondary N) is 1. The molecule has 30 heavy (non-hydrogen) atoms. The minimum atomic E-state index is -1.11. The maximum absolute atomic E-state index is 12.4. The van der Waals surface area contributed by atoms with Gasteiger partial charge in [0.05, 0.1) is 26.3 Å². The van der Waals surface area contributed by atoms with Crippen LogP contribution in [0.1, 0.15) is 16.1 Å². The average molecular weight is 462 g/mol. The van der Waals surface area contributed by atoms with E-state index in [0.717, 1.165) is 0 Å². The molecule has 2 N–H and O–H groups in total. The first-order valence-corrected chi connectivity index (χ1v) is 9.43. The molecule has 0 aliphatic carbocycles. The van der Waals surface area contributed by atoms with Crippen LogP contribution in [0, 0.1) is 11.3 Å². The third-order valence-corrected chi connectivity index (χ3v) is 5.11. The fourth-order valence-corrected chi connectivity index (χ4v) is 3.06. The van der Waals surface area contributed by atoms with E-state index < -0.39 is 11.9 Å². The summed E-state index contributed by atoms with van der Waals surface area (Å²) < 4.78 is 5.63. The van der Waals surface area contributed by atoms with Crippen LogP contribution < -0.4 is 5.32 Å². The molecule has 0 unspecified atom stereocenters. The van der Waals surface area contributed by atoms with Crippen molar-refractivity contribution in [2.75, 3.05) is 5.32 Å². The summed E-state index contributed by atoms with van der Waals surface area (Å²) in [6.45, 7) is 0. The molecule has 0 spiro atoms. The number of amides is 1. The Morgan fingerprint density at radius 3 is 2.53 bits per heavy atom. The molecule has 9 heteroatoms. The normalized spacial score (nSPS) is 11.1. The Labute approximate surface area is 185 Å². The largest absolute Gasteiger partial charge is 0.478 e. The highest BCUT2D eigenvalue weighted by Gasteiger charge is 2.15. The summed E-state index contributed by atoms with van der Waals surface area (Å²) in [5, 5.41) is 21.7. The summed E-state index contributed by atoms with van der Waals surface area (Å²) in [5.41, 5.74) is 0.424. The second-order valence-electron chi connectivity index (χ2n) is 5.93. The van der Waals surface area contributed by atoms with Crippen molar-refractivity contribution >= 4 is 58.4 Å². The zero-order chi connectivity index (χ0) is 21.8. The number of carboxylic acids is 1. The van der Waals surface area contributed by atoms with Gasteiger partial charge in [-0.15, -0.1) is 0 Å². The van der Waals surface area contributed by atoms with Gasteiger partial charge < -0.3 is 14.8 Å². The Morgan fingerprint density at radius 2 is 1.83 bits per heavy atom. The first-order valence-electron chi connectivity index (χ1n) is 8.30. The Bertz CT molecular complexity index is 1230. The van der Waals surface area contributed by atoms with Crippen LogP contribution in [0.5, 0.6) is 0 Å². The molecule has 1 aromatic heterocycles. The van der Waals surface area contributed by atoms with Gasteiger partial charge in [0.15, 0.2) is 0 Å². The Balaban J connectivity index is 1.88. The molecule has 0 radical (unpaired) electrons. The Kier molecular flexibility index (Phi) is 6.48. The van der Waals surface area contributed by atoms with Gasteiger partial charge in [0.25, 0.3) is 5.91 Å². The quantitative estimate of drug-likeness (QED) is 0.350. The zero-order valence-electron chi connectivity index (χ0n) is 14.9. The number of benzene rings is 2. The predicted molar refractivity (Wildman–Crippen MR) is 115 cm³/mol. The Morgan fingerprint density at radius 1 is 1.07 bits per heavy atom. The van der Waals surface area contributed by atoms with Gasteiger partial charge in [0, 0.05) is 11.6 Å². The number of carboxylic acid groups (broad SMARTS) is 1. The number of carbonyl (C=O) groups excluding carboxylic acids is 1. The topological polar surface area (TPSA) is 103 Å². The summed E-state index contributed by atoms with van der Waals surface area (Å²) >= 11 is 18.1. The summed E-state index contributed by atoms with van der Waals surface area (Å²) in [5.74, 6) is -1.33. The third kappa shape index (κ3) is 4.66. The van der Waals surface area contributed by atoms with Crippen molar-refractivity contribution in [3.63, 3.8) is 0 Å². The highest BCUT2D eigenvalue weighted by atomic mass is 35.5. The van der Waals surface area contributed by atoms with Gasteiger partial charge in [-0.05, 0) is 42.5 Å². The molecule has 0 aliphatic rings. The number of hydrogen-bond acceptors (Lipinski definition) is 4. The van der Waals surface area contributed by atoms with Crippen LogP contribution in [0.2, 0.25) is 15.1 Å². The van der Waals surface area contributed by atoms with Gasteiger partial charge in [-0.2, -0.15) is 5.26 Å². The molecule has 0 saturated heterocycles. The molecule has 0 fully saturated rings. The lowest BCUT2D eigenvalue weighted by Gasteiger charge is -2.07. The molecule has 0 saturated carbocycles. The van der Waals surface area contributed by atoms with E-state index in [4.69, 9.17) is 44.3 Å². The van der Waals surface area contributed by atoms with Crippen molar-refractivity contribution in [1.29, 1.82) is 5.26 Å². The van der Waals surface area contributed by atoms with Crippen molar-refractivity contribution in [1.82, 2.24) is 0 Å². The standard InChI is InChI=1S/C21H11Cl3N2O4/c22-15-6-4-11(21(28)29)9-14(15)18-7-5-13(30-18)8-12(10-25)20(27)26-17-3-1-2-16(23)19(17)24/h1-9H,(H,26,27)(H,28,29)/b12-8-. The molecule has 0 aliphatic heterocycles. The van der Waals surface area contributed by atoms with Gasteiger partial charge in [-0.3, -0.25) is 4.79 Å². The van der Waals surface area contributed by atoms with Crippen LogP contribution in [-0.4, -0.2) is 17.0 Å². The van der Waals surface area contributed by atoms with E-state index in [-0.39, 0.29) is 38.4 Å². The monoisotopic (exact) mass is 460 g/mol. The van der Waals surface area contributed by atoms with E-state index in [0.29, 0.717) is 10.6 Å². The van der Waals surface area contributed by atoms with Crippen LogP contribution in [-0.2, 0) is 4.79 Å². The van der Waals surface area contributed by atoms with Gasteiger partial charge in [-0.1, -0.05) is 40.9 Å². The number of nitrogens with zero attached hydrogens (tertiary/aromatic N) is 1. The molecule has 3 rings (SSSR count). The fraction of sp³-hybridized carbons (Fsp3) is 0. The van der Waals surface area contributed by atoms with Crippen LogP contribution in [0.25, 0.3) is 17.4 Å². The second-order valence-corrected chi connectivity index (χ2v) is 7.12. The second kappa shape index (κ2) is 9.06. The van der Waals surface area contributed by atoms with Crippen LogP contribution in [0.15, 0.2) is 58.5 Å². The smallest absolute Gasteiger partial charge is 0.335 e. The molecule has 2 aromatic carbocycles. The van der Waals surface area contributed by atoms with Gasteiger partial charge in [0.2, 0.25) is 0 Å². The highest BCUT2D eigenvalue weighted by molar-refractivity contribution is 6.44. The molecular weight excluding hydrogens is 451 g/mol. The maximum atomic E-state index is 12.4. The van der Waals surface area contributed by atoms with E-state index in [1.165, 1.54) is 30.3 Å². The average Bonchev–Trinajstić information content (AvgIpc) is 3.18. The summed E-state index contributed by atoms with van der Waals surface area (Å²) in [7, 11) is 0. The maximum Gasteiger partial charge on any atom is 0.335 e. The number of nitriles is 1. The van der Waals surface area contributed by atoms with E-state index in [2.05, 4.69) is 5.32 Å². The number of rotatable bonds is 5. The van der Waals surface area contributed by atoms with Crippen molar-refractivity contribution in [3.05, 3.63) is 80.5 Å². The number of halogens is 3. The highest BCUT2D eigenvalue weighted by Crippen LogP contribution is 2.32. The summed E-state index contributed by atoms with van der Waals surface area (Å²) in [6.07, 6.45) is 1.24. The molecule has 6 nitrogen and oxygen atoms in total. The first kappa shape index (κ1) is 21.5. The molecular formula is C21H11Cl3N2O4. The number of hydrogen-bond donors (Lipinski definition) is 2. The van der Waals surface area contributed by atoms with Crippen LogP contribution in [0.3, 0.4) is 0 Å². The predicted octanol–water partition coefficient (Wildman–Crippen LogP) is 6.15. The van der Waals surface area contributed by atoms with Crippen LogP contribution >= 0.6 is 34.8 Å². The third-order valence-electron chi connectivity index (χ3n) is 3.96. The summed E-state index contributed by atoms with van der Waals surface area (Å²) in [6, 6.07) is 13.8. The lowest BCUT2D eigenvalue weighted by atomic mass is 10.1. The van der Waals surface area contributed by atoms with E-state index >= 15 is 0 Å². The zero-order valence-corrected chi connectivity index (χ0v) is 17.2. The molecule has 0 atom stereocenters. The van der Waals surface area contributed by atoms with Gasteiger partial charge in [-0.25, -0.2) is 4.79 Å². The molecule has 3 aromatic rings. The van der Waals surface area contributed by atoms with E-state index in [1.807, 2.05) is 0 Å². The minimum absolute atomic E-state index is 0.0402. The lowest BCUT2D eigenvalue weighted by molar-refractivity contribution is -0.112. The summed E-state index contributed by atoms with van der Waals surface area (Å²) in [4.78, 5) is 23.6. The molecule has 1 amide bonds. The number of anilines is 1. The van der Waals surface area contributed by atoms with Crippen molar-refractivity contribution in [2.24, 2.45) is 0 Å². The number of aromatic carboxylic acids is 1. The molecule has 0 bridgehead atoms. The van der Waals surface area contributed by atoms with Crippen molar-refractivity contribution in [3.8, 4) is 17.4 Å². The Hall–Kier alpha value is -3.24. The molecule has 1 heterocycles. The lowest BCUT2D eigenvalue weighted by Crippen LogP contribution is -2.13. The van der Waals surface area contributed by atoms with E-state index in [1.54, 1.807) is 30.3 Å². The minimum Gasteiger partial charge on any atom is -0.478 e. The van der Waals surface area contributed by atoms with E-state index in [9.17, 15) is 14.9 Å². The number of furan rings is 1. The van der Waals surface area contributed by atoms with Crippen molar-refractivity contribution in [2.45, 2.75) is 0 Å². The van der Waals surface area contributed by atoms with Crippen LogP contribution in [0.4, 0.5) is 5.69 Å². The van der Waals surface area contributed by atoms with Crippen molar-refractivity contribution < 1.29 is 19.1 Å². The number of carbonyl (C=O) groups is 2. The van der Waals surface area contributed by atoms with Gasteiger partial charge >= 0.3 is 5.97 Å².